The summed E-state index contributed by atoms with van der Waals surface area (Å²) < 4.78 is 5.36. The summed E-state index contributed by atoms with van der Waals surface area (Å²) in [5.41, 5.74) is 0.721. The van der Waals surface area contributed by atoms with Crippen LogP contribution in [0.1, 0.15) is 25.0 Å². The third-order valence-electron chi connectivity index (χ3n) is 4.25. The van der Waals surface area contributed by atoms with Crippen LogP contribution in [0.4, 0.5) is 5.69 Å². The van der Waals surface area contributed by atoms with E-state index in [1.807, 2.05) is 42.5 Å². The topological polar surface area (TPSA) is 62.6 Å². The van der Waals surface area contributed by atoms with Crippen LogP contribution in [-0.2, 0) is 16.1 Å². The number of rotatable bonds is 6. The van der Waals surface area contributed by atoms with E-state index in [4.69, 9.17) is 4.42 Å². The molecule has 0 radical (unpaired) electrons. The highest BCUT2D eigenvalue weighted by atomic mass is 16.3. The number of nitrogens with one attached hydrogen (secondary N) is 1. The summed E-state index contributed by atoms with van der Waals surface area (Å²) in [6, 6.07) is 12.8. The molecule has 1 heterocycles. The highest BCUT2D eigenvalue weighted by molar-refractivity contribution is 5.94. The molecular weight excluding hydrogens is 316 g/mol. The lowest BCUT2D eigenvalue weighted by Crippen LogP contribution is -2.41. The minimum absolute atomic E-state index is 0.00367. The molecule has 1 aliphatic carbocycles. The summed E-state index contributed by atoms with van der Waals surface area (Å²) in [5.74, 6) is 0.401. The molecule has 0 aliphatic heterocycles. The molecule has 2 amide bonds. The monoisotopic (exact) mass is 338 g/mol. The first kappa shape index (κ1) is 17.0. The highest BCUT2D eigenvalue weighted by Gasteiger charge is 2.26. The van der Waals surface area contributed by atoms with Crippen molar-refractivity contribution in [1.82, 2.24) is 4.90 Å². The Bertz CT molecular complexity index is 723. The standard InChI is InChI=1S/C20H22N2O3/c23-19(21-17-10-5-2-6-11-17)15-22(14-18-12-7-13-25-18)20(24)16-8-3-1-4-9-16/h1-3,5-7,10-13,16H,4,8-9,14-15H2,(H,21,23). The van der Waals surface area contributed by atoms with E-state index >= 15 is 0 Å². The molecule has 0 spiro atoms. The lowest BCUT2D eigenvalue weighted by Gasteiger charge is -2.27. The molecule has 2 aromatic rings. The molecule has 0 bridgehead atoms. The molecule has 1 aliphatic rings. The Morgan fingerprint density at radius 3 is 2.64 bits per heavy atom. The third kappa shape index (κ3) is 4.83. The lowest BCUT2D eigenvalue weighted by molar-refractivity contribution is -0.139. The van der Waals surface area contributed by atoms with Gasteiger partial charge in [-0.15, -0.1) is 0 Å². The van der Waals surface area contributed by atoms with Gasteiger partial charge in [0.25, 0.3) is 0 Å². The molecular formula is C20H22N2O3. The Labute approximate surface area is 147 Å². The van der Waals surface area contributed by atoms with E-state index in [0.29, 0.717) is 12.3 Å². The van der Waals surface area contributed by atoms with Crippen molar-refractivity contribution in [2.45, 2.75) is 25.8 Å². The zero-order chi connectivity index (χ0) is 17.5. The lowest BCUT2D eigenvalue weighted by atomic mass is 9.93. The van der Waals surface area contributed by atoms with Crippen LogP contribution in [-0.4, -0.2) is 23.3 Å². The van der Waals surface area contributed by atoms with E-state index in [0.717, 1.165) is 24.9 Å². The van der Waals surface area contributed by atoms with Crippen LogP contribution in [0.5, 0.6) is 0 Å². The maximum atomic E-state index is 12.9. The van der Waals surface area contributed by atoms with Gasteiger partial charge in [-0.2, -0.15) is 0 Å². The molecule has 1 atom stereocenters. The Morgan fingerprint density at radius 2 is 1.96 bits per heavy atom. The van der Waals surface area contributed by atoms with E-state index in [1.165, 1.54) is 0 Å². The van der Waals surface area contributed by atoms with E-state index in [2.05, 4.69) is 11.4 Å². The molecule has 0 fully saturated rings. The molecule has 0 saturated carbocycles. The van der Waals surface area contributed by atoms with E-state index < -0.39 is 0 Å². The van der Waals surface area contributed by atoms with Gasteiger partial charge >= 0.3 is 0 Å². The van der Waals surface area contributed by atoms with Gasteiger partial charge in [-0.25, -0.2) is 0 Å². The fraction of sp³-hybridized carbons (Fsp3) is 0.300. The molecule has 0 saturated heterocycles. The number of anilines is 1. The number of allylic oxidation sites excluding steroid dienone is 2. The van der Waals surface area contributed by atoms with E-state index in [9.17, 15) is 9.59 Å². The molecule has 5 nitrogen and oxygen atoms in total. The van der Waals surface area contributed by atoms with Crippen molar-refractivity contribution in [2.24, 2.45) is 5.92 Å². The first-order chi connectivity index (χ1) is 12.2. The largest absolute Gasteiger partial charge is 0.467 e. The molecule has 1 unspecified atom stereocenters. The zero-order valence-corrected chi connectivity index (χ0v) is 14.1. The predicted molar refractivity (Wildman–Crippen MR) is 95.7 cm³/mol. The fourth-order valence-corrected chi connectivity index (χ4v) is 2.97. The minimum atomic E-state index is -0.211. The number of hydrogen-bond donors (Lipinski definition) is 1. The SMILES string of the molecule is O=C(CN(Cc1ccco1)C(=O)C1CC=CCC1)Nc1ccccc1. The fourth-order valence-electron chi connectivity index (χ4n) is 2.97. The average Bonchev–Trinajstić information content (AvgIpc) is 3.15. The van der Waals surface area contributed by atoms with Crippen LogP contribution in [0.25, 0.3) is 0 Å². The molecule has 25 heavy (non-hydrogen) atoms. The van der Waals surface area contributed by atoms with E-state index in [-0.39, 0.29) is 24.3 Å². The van der Waals surface area contributed by atoms with Gasteiger partial charge in [-0.3, -0.25) is 9.59 Å². The molecule has 1 aromatic carbocycles. The van der Waals surface area contributed by atoms with Crippen molar-refractivity contribution in [3.8, 4) is 0 Å². The molecule has 5 heteroatoms. The van der Waals surface area contributed by atoms with Crippen molar-refractivity contribution < 1.29 is 14.0 Å². The summed E-state index contributed by atoms with van der Waals surface area (Å²) in [5, 5.41) is 2.83. The van der Waals surface area contributed by atoms with Gasteiger partial charge in [0.2, 0.25) is 11.8 Å². The first-order valence-corrected chi connectivity index (χ1v) is 8.53. The summed E-state index contributed by atoms with van der Waals surface area (Å²) in [7, 11) is 0. The van der Waals surface area contributed by atoms with Crippen LogP contribution in [0.3, 0.4) is 0 Å². The second-order valence-corrected chi connectivity index (χ2v) is 6.17. The molecule has 1 N–H and O–H groups in total. The number of para-hydroxylation sites is 1. The van der Waals surface area contributed by atoms with Gasteiger partial charge in [-0.05, 0) is 43.5 Å². The van der Waals surface area contributed by atoms with Gasteiger partial charge in [-0.1, -0.05) is 30.4 Å². The van der Waals surface area contributed by atoms with Crippen molar-refractivity contribution in [3.05, 3.63) is 66.6 Å². The second-order valence-electron chi connectivity index (χ2n) is 6.17. The van der Waals surface area contributed by atoms with Crippen molar-refractivity contribution in [2.75, 3.05) is 11.9 Å². The van der Waals surface area contributed by atoms with Crippen LogP contribution >= 0.6 is 0 Å². The van der Waals surface area contributed by atoms with Crippen molar-refractivity contribution in [3.63, 3.8) is 0 Å². The maximum absolute atomic E-state index is 12.9. The zero-order valence-electron chi connectivity index (χ0n) is 14.1. The number of amides is 2. The first-order valence-electron chi connectivity index (χ1n) is 8.53. The summed E-state index contributed by atoms with van der Waals surface area (Å²) >= 11 is 0. The maximum Gasteiger partial charge on any atom is 0.244 e. The third-order valence-corrected chi connectivity index (χ3v) is 4.25. The number of carbonyl (C=O) groups is 2. The van der Waals surface area contributed by atoms with Crippen LogP contribution in [0, 0.1) is 5.92 Å². The van der Waals surface area contributed by atoms with Crippen LogP contribution in [0.2, 0.25) is 0 Å². The quantitative estimate of drug-likeness (QED) is 0.819. The van der Waals surface area contributed by atoms with Crippen LogP contribution < -0.4 is 5.32 Å². The number of benzene rings is 1. The van der Waals surface area contributed by atoms with Crippen molar-refractivity contribution in [1.29, 1.82) is 0 Å². The molecule has 130 valence electrons. The minimum Gasteiger partial charge on any atom is -0.467 e. The van der Waals surface area contributed by atoms with Gasteiger partial charge in [0.05, 0.1) is 12.8 Å². The molecule has 1 aromatic heterocycles. The normalized spacial score (nSPS) is 16.4. The van der Waals surface area contributed by atoms with Crippen LogP contribution in [0.15, 0.2) is 65.3 Å². The van der Waals surface area contributed by atoms with Gasteiger partial charge in [0.1, 0.15) is 12.3 Å². The summed E-state index contributed by atoms with van der Waals surface area (Å²) in [4.78, 5) is 26.9. The number of carbonyl (C=O) groups excluding carboxylic acids is 2. The highest BCUT2D eigenvalue weighted by Crippen LogP contribution is 2.22. The number of hydrogen-bond acceptors (Lipinski definition) is 3. The van der Waals surface area contributed by atoms with Gasteiger partial charge in [0.15, 0.2) is 0 Å². The van der Waals surface area contributed by atoms with E-state index in [1.54, 1.807) is 17.2 Å². The predicted octanol–water partition coefficient (Wildman–Crippen LogP) is 3.60. The van der Waals surface area contributed by atoms with Gasteiger partial charge < -0.3 is 14.6 Å². The second kappa shape index (κ2) is 8.33. The Hall–Kier alpha value is -2.82. The van der Waals surface area contributed by atoms with Gasteiger partial charge in [0, 0.05) is 11.6 Å². The Balaban J connectivity index is 1.68. The number of nitrogens with zero attached hydrogens (tertiary/aromatic N) is 1. The summed E-state index contributed by atoms with van der Waals surface area (Å²) in [6.45, 7) is 0.308. The van der Waals surface area contributed by atoms with Crippen molar-refractivity contribution >= 4 is 17.5 Å². The average molecular weight is 338 g/mol. The number of furan rings is 1. The Morgan fingerprint density at radius 1 is 1.12 bits per heavy atom. The Kier molecular flexibility index (Phi) is 5.67. The summed E-state index contributed by atoms with van der Waals surface area (Å²) in [6.07, 6.45) is 8.18. The smallest absolute Gasteiger partial charge is 0.244 e. The molecule has 3 rings (SSSR count).